The number of ether oxygens (including phenoxy) is 1. The number of nitrogens with one attached hydrogen (secondary N) is 1. The number of carbonyl (C=O) groups is 2. The van der Waals surface area contributed by atoms with Gasteiger partial charge in [-0.15, -0.1) is 0 Å². The fraction of sp³-hybridized carbons (Fsp3) is 0.619. The minimum absolute atomic E-state index is 0.0304. The minimum atomic E-state index is -0.162. The van der Waals surface area contributed by atoms with Gasteiger partial charge in [-0.1, -0.05) is 45.2 Å². The maximum atomic E-state index is 12.3. The molecule has 1 atom stereocenters. The highest BCUT2D eigenvalue weighted by atomic mass is 16.5. The Morgan fingerprint density at radius 3 is 2.54 bits per heavy atom. The van der Waals surface area contributed by atoms with E-state index in [0.29, 0.717) is 19.0 Å². The molecule has 1 heterocycles. The fourth-order valence-corrected chi connectivity index (χ4v) is 3.76. The Hall–Kier alpha value is -1.88. The highest BCUT2D eigenvalue weighted by Gasteiger charge is 2.29. The van der Waals surface area contributed by atoms with Gasteiger partial charge in [-0.2, -0.15) is 0 Å². The molecule has 0 bridgehead atoms. The summed E-state index contributed by atoms with van der Waals surface area (Å²) in [6, 6.07) is 8.14. The van der Waals surface area contributed by atoms with Gasteiger partial charge in [0.2, 0.25) is 5.91 Å². The highest BCUT2D eigenvalue weighted by molar-refractivity contribution is 5.95. The lowest BCUT2D eigenvalue weighted by molar-refractivity contribution is -0.130. The molecule has 1 saturated heterocycles. The van der Waals surface area contributed by atoms with E-state index in [1.54, 1.807) is 4.90 Å². The SMILES string of the molecule is CC(C)c1ccc(N2CC(CNC(=O)C3CCCCC3)OCC2=O)cc1. The van der Waals surface area contributed by atoms with Crippen LogP contribution in [0.1, 0.15) is 57.4 Å². The third-order valence-electron chi connectivity index (χ3n) is 5.48. The van der Waals surface area contributed by atoms with Crippen molar-refractivity contribution in [3.8, 4) is 0 Å². The monoisotopic (exact) mass is 358 g/mol. The van der Waals surface area contributed by atoms with Crippen LogP contribution in [0.5, 0.6) is 0 Å². The molecule has 0 aromatic heterocycles. The van der Waals surface area contributed by atoms with E-state index >= 15 is 0 Å². The molecule has 2 aliphatic rings. The third kappa shape index (κ3) is 4.64. The normalized spacial score (nSPS) is 21.9. The zero-order valence-corrected chi connectivity index (χ0v) is 15.9. The van der Waals surface area contributed by atoms with E-state index in [9.17, 15) is 9.59 Å². The predicted molar refractivity (Wildman–Crippen MR) is 102 cm³/mol. The molecule has 1 aromatic carbocycles. The molecule has 1 aromatic rings. The van der Waals surface area contributed by atoms with Gasteiger partial charge < -0.3 is 15.0 Å². The Balaban J connectivity index is 1.55. The highest BCUT2D eigenvalue weighted by Crippen LogP contribution is 2.24. The van der Waals surface area contributed by atoms with Gasteiger partial charge >= 0.3 is 0 Å². The van der Waals surface area contributed by atoms with Crippen LogP contribution in [-0.4, -0.2) is 37.6 Å². The smallest absolute Gasteiger partial charge is 0.253 e. The fourth-order valence-electron chi connectivity index (χ4n) is 3.76. The van der Waals surface area contributed by atoms with Crippen molar-refractivity contribution in [1.29, 1.82) is 0 Å². The van der Waals surface area contributed by atoms with Crippen molar-refractivity contribution in [2.45, 2.75) is 58.0 Å². The van der Waals surface area contributed by atoms with Crippen molar-refractivity contribution < 1.29 is 14.3 Å². The lowest BCUT2D eigenvalue weighted by atomic mass is 9.88. The van der Waals surface area contributed by atoms with E-state index in [-0.39, 0.29) is 30.4 Å². The second kappa shape index (κ2) is 8.67. The van der Waals surface area contributed by atoms with Crippen molar-refractivity contribution >= 4 is 17.5 Å². The third-order valence-corrected chi connectivity index (χ3v) is 5.48. The largest absolute Gasteiger partial charge is 0.365 e. The Labute approximate surface area is 156 Å². The molecular weight excluding hydrogens is 328 g/mol. The molecule has 0 spiro atoms. The van der Waals surface area contributed by atoms with Crippen LogP contribution in [0, 0.1) is 5.92 Å². The van der Waals surface area contributed by atoms with Crippen LogP contribution in [-0.2, 0) is 14.3 Å². The number of benzene rings is 1. The van der Waals surface area contributed by atoms with Crippen molar-refractivity contribution in [2.24, 2.45) is 5.92 Å². The molecule has 1 aliphatic heterocycles. The van der Waals surface area contributed by atoms with E-state index < -0.39 is 0 Å². The van der Waals surface area contributed by atoms with E-state index in [2.05, 4.69) is 31.3 Å². The first kappa shape index (κ1) is 18.9. The van der Waals surface area contributed by atoms with Crippen molar-refractivity contribution in [3.63, 3.8) is 0 Å². The Kier molecular flexibility index (Phi) is 6.30. The molecule has 0 radical (unpaired) electrons. The summed E-state index contributed by atoms with van der Waals surface area (Å²) in [5.74, 6) is 0.719. The molecule has 3 rings (SSSR count). The first-order chi connectivity index (χ1) is 12.5. The second-order valence-electron chi connectivity index (χ2n) is 7.76. The summed E-state index contributed by atoms with van der Waals surface area (Å²) in [6.45, 7) is 5.31. The molecule has 1 aliphatic carbocycles. The van der Waals surface area contributed by atoms with Crippen LogP contribution < -0.4 is 10.2 Å². The molecule has 2 fully saturated rings. The summed E-state index contributed by atoms with van der Waals surface area (Å²) in [5.41, 5.74) is 2.15. The van der Waals surface area contributed by atoms with Gasteiger partial charge in [-0.25, -0.2) is 0 Å². The second-order valence-corrected chi connectivity index (χ2v) is 7.76. The van der Waals surface area contributed by atoms with Gasteiger partial charge in [0.15, 0.2) is 0 Å². The zero-order valence-electron chi connectivity index (χ0n) is 15.9. The summed E-state index contributed by atoms with van der Waals surface area (Å²) >= 11 is 0. The van der Waals surface area contributed by atoms with Crippen LogP contribution >= 0.6 is 0 Å². The van der Waals surface area contributed by atoms with Crippen LogP contribution in [0.25, 0.3) is 0 Å². The number of morpholine rings is 1. The number of amides is 2. The first-order valence-corrected chi connectivity index (χ1v) is 9.84. The predicted octanol–water partition coefficient (Wildman–Crippen LogP) is 3.24. The number of hydrogen-bond acceptors (Lipinski definition) is 3. The van der Waals surface area contributed by atoms with Gasteiger partial charge in [0.05, 0.1) is 12.6 Å². The van der Waals surface area contributed by atoms with Gasteiger partial charge in [0.1, 0.15) is 6.61 Å². The first-order valence-electron chi connectivity index (χ1n) is 9.84. The topological polar surface area (TPSA) is 58.6 Å². The summed E-state index contributed by atoms with van der Waals surface area (Å²) in [7, 11) is 0. The molecule has 5 nitrogen and oxygen atoms in total. The quantitative estimate of drug-likeness (QED) is 0.879. The lowest BCUT2D eigenvalue weighted by Gasteiger charge is -2.33. The molecule has 142 valence electrons. The Morgan fingerprint density at radius 1 is 1.19 bits per heavy atom. The summed E-state index contributed by atoms with van der Waals surface area (Å²) in [4.78, 5) is 26.3. The van der Waals surface area contributed by atoms with Crippen LogP contribution in [0.15, 0.2) is 24.3 Å². The molecular formula is C21H30N2O3. The number of hydrogen-bond donors (Lipinski definition) is 1. The average molecular weight is 358 g/mol. The van der Waals surface area contributed by atoms with E-state index in [4.69, 9.17) is 4.74 Å². The van der Waals surface area contributed by atoms with Gasteiger partial charge in [0.25, 0.3) is 5.91 Å². The van der Waals surface area contributed by atoms with Crippen molar-refractivity contribution in [1.82, 2.24) is 5.32 Å². The molecule has 2 amide bonds. The maximum Gasteiger partial charge on any atom is 0.253 e. The number of rotatable bonds is 5. The molecule has 1 N–H and O–H groups in total. The Morgan fingerprint density at radius 2 is 1.88 bits per heavy atom. The minimum Gasteiger partial charge on any atom is -0.365 e. The van der Waals surface area contributed by atoms with E-state index in [1.165, 1.54) is 12.0 Å². The van der Waals surface area contributed by atoms with Gasteiger partial charge in [-0.3, -0.25) is 9.59 Å². The van der Waals surface area contributed by atoms with Crippen LogP contribution in [0.2, 0.25) is 0 Å². The average Bonchev–Trinajstić information content (AvgIpc) is 2.68. The lowest BCUT2D eigenvalue weighted by Crippen LogP contribution is -2.51. The zero-order chi connectivity index (χ0) is 18.5. The van der Waals surface area contributed by atoms with Crippen LogP contribution in [0.3, 0.4) is 0 Å². The summed E-state index contributed by atoms with van der Waals surface area (Å²) < 4.78 is 5.64. The van der Waals surface area contributed by atoms with Gasteiger partial charge in [-0.05, 0) is 36.5 Å². The molecule has 1 unspecified atom stereocenters. The summed E-state index contributed by atoms with van der Waals surface area (Å²) in [5, 5.41) is 3.03. The van der Waals surface area contributed by atoms with Crippen molar-refractivity contribution in [2.75, 3.05) is 24.6 Å². The molecule has 26 heavy (non-hydrogen) atoms. The van der Waals surface area contributed by atoms with E-state index in [0.717, 1.165) is 31.4 Å². The number of nitrogens with zero attached hydrogens (tertiary/aromatic N) is 1. The van der Waals surface area contributed by atoms with E-state index in [1.807, 2.05) is 12.1 Å². The Bertz CT molecular complexity index is 621. The van der Waals surface area contributed by atoms with Crippen LogP contribution in [0.4, 0.5) is 5.69 Å². The maximum absolute atomic E-state index is 12.3. The summed E-state index contributed by atoms with van der Waals surface area (Å²) in [6.07, 6.45) is 5.35. The molecule has 5 heteroatoms. The number of carbonyl (C=O) groups excluding carboxylic acids is 2. The molecule has 1 saturated carbocycles. The van der Waals surface area contributed by atoms with Crippen molar-refractivity contribution in [3.05, 3.63) is 29.8 Å². The number of anilines is 1. The van der Waals surface area contributed by atoms with Gasteiger partial charge in [0, 0.05) is 18.2 Å². The standard InChI is InChI=1S/C21H30N2O3/c1-15(2)16-8-10-18(11-9-16)23-13-19(26-14-20(23)24)12-22-21(25)17-6-4-3-5-7-17/h8-11,15,17,19H,3-7,12-14H2,1-2H3,(H,22,25).